The van der Waals surface area contributed by atoms with Gasteiger partial charge in [0.25, 0.3) is 0 Å². The van der Waals surface area contributed by atoms with Crippen molar-refractivity contribution in [2.45, 2.75) is 39.0 Å². The molecule has 0 unspecified atom stereocenters. The molecule has 0 aliphatic heterocycles. The molecule has 0 radical (unpaired) electrons. The molecule has 5 heteroatoms. The first-order valence-corrected chi connectivity index (χ1v) is 7.27. The molecule has 1 amide bonds. The molecule has 0 aliphatic carbocycles. The zero-order chi connectivity index (χ0) is 14.1. The van der Waals surface area contributed by atoms with Crippen molar-refractivity contribution >= 4 is 40.5 Å². The third-order valence-corrected chi connectivity index (χ3v) is 3.17. The fraction of sp³-hybridized carbons (Fsp3) is 0.429. The Bertz CT molecular complexity index is 437. The topological polar surface area (TPSA) is 41.1 Å². The highest BCUT2D eigenvalue weighted by Crippen LogP contribution is 2.20. The van der Waals surface area contributed by atoms with Crippen molar-refractivity contribution in [2.24, 2.45) is 0 Å². The number of anilines is 1. The summed E-state index contributed by atoms with van der Waals surface area (Å²) in [5.74, 6) is -0.0549. The summed E-state index contributed by atoms with van der Waals surface area (Å²) in [4.78, 5) is 11.6. The van der Waals surface area contributed by atoms with E-state index in [1.807, 2.05) is 18.2 Å². The third-order valence-electron chi connectivity index (χ3n) is 2.63. The maximum absolute atomic E-state index is 11.6. The van der Waals surface area contributed by atoms with Crippen LogP contribution in [0.15, 0.2) is 24.3 Å². The van der Waals surface area contributed by atoms with E-state index in [1.54, 1.807) is 6.07 Å². The van der Waals surface area contributed by atoms with Crippen LogP contribution in [0.2, 0.25) is 5.02 Å². The number of hydrogen-bond donors (Lipinski definition) is 2. The molecule has 0 bridgehead atoms. The highest BCUT2D eigenvalue weighted by atomic mass is 35.5. The van der Waals surface area contributed by atoms with Crippen LogP contribution in [0.25, 0.3) is 0 Å². The minimum Gasteiger partial charge on any atom is -0.331 e. The Morgan fingerprint density at radius 3 is 2.68 bits per heavy atom. The average molecular weight is 299 g/mol. The van der Waals surface area contributed by atoms with Gasteiger partial charge in [-0.3, -0.25) is 4.79 Å². The van der Waals surface area contributed by atoms with Crippen molar-refractivity contribution in [3.8, 4) is 0 Å². The molecule has 0 saturated carbocycles. The van der Waals surface area contributed by atoms with Crippen LogP contribution in [0, 0.1) is 0 Å². The molecular formula is C14H19ClN2OS. The maximum atomic E-state index is 11.6. The summed E-state index contributed by atoms with van der Waals surface area (Å²) in [5.41, 5.74) is 0.695. The molecule has 1 aromatic rings. The molecule has 2 N–H and O–H groups in total. The van der Waals surface area contributed by atoms with E-state index in [1.165, 1.54) is 0 Å². The first kappa shape index (κ1) is 15.9. The van der Waals surface area contributed by atoms with Crippen LogP contribution in [-0.4, -0.2) is 11.0 Å². The van der Waals surface area contributed by atoms with Gasteiger partial charge in [-0.15, -0.1) is 0 Å². The summed E-state index contributed by atoms with van der Waals surface area (Å²) in [6.45, 7) is 2.14. The fourth-order valence-corrected chi connectivity index (χ4v) is 2.02. The van der Waals surface area contributed by atoms with Crippen LogP contribution >= 0.6 is 23.8 Å². The van der Waals surface area contributed by atoms with E-state index in [2.05, 4.69) is 17.6 Å². The Morgan fingerprint density at radius 2 is 2.00 bits per heavy atom. The van der Waals surface area contributed by atoms with Gasteiger partial charge in [-0.2, -0.15) is 0 Å². The molecule has 0 heterocycles. The summed E-state index contributed by atoms with van der Waals surface area (Å²) >= 11 is 11.1. The van der Waals surface area contributed by atoms with Crippen molar-refractivity contribution in [3.63, 3.8) is 0 Å². The van der Waals surface area contributed by atoms with Crippen LogP contribution in [-0.2, 0) is 4.79 Å². The first-order valence-electron chi connectivity index (χ1n) is 6.49. The van der Waals surface area contributed by atoms with Crippen LogP contribution in [0.3, 0.4) is 0 Å². The standard InChI is InChI=1S/C14H19ClN2OS/c1-2-3-4-5-10-13(18)17-14(19)16-12-9-7-6-8-11(12)15/h6-9H,2-5,10H2,1H3,(H2,16,17,18,19). The van der Waals surface area contributed by atoms with E-state index >= 15 is 0 Å². The molecule has 0 saturated heterocycles. The summed E-state index contributed by atoms with van der Waals surface area (Å²) in [6.07, 6.45) is 4.80. The Balaban J connectivity index is 2.31. The van der Waals surface area contributed by atoms with Gasteiger partial charge in [0.15, 0.2) is 5.11 Å². The number of halogens is 1. The normalized spacial score (nSPS) is 10.0. The highest BCUT2D eigenvalue weighted by Gasteiger charge is 2.06. The van der Waals surface area contributed by atoms with Crippen molar-refractivity contribution in [1.29, 1.82) is 0 Å². The molecular weight excluding hydrogens is 280 g/mol. The molecule has 1 aromatic carbocycles. The maximum Gasteiger partial charge on any atom is 0.226 e. The van der Waals surface area contributed by atoms with Gasteiger partial charge in [-0.25, -0.2) is 0 Å². The number of hydrogen-bond acceptors (Lipinski definition) is 2. The van der Waals surface area contributed by atoms with Crippen molar-refractivity contribution in [1.82, 2.24) is 5.32 Å². The van der Waals surface area contributed by atoms with Crippen LogP contribution in [0.5, 0.6) is 0 Å². The lowest BCUT2D eigenvalue weighted by Gasteiger charge is -2.10. The van der Waals surface area contributed by atoms with E-state index in [0.29, 0.717) is 17.1 Å². The monoisotopic (exact) mass is 298 g/mol. The molecule has 0 spiro atoms. The molecule has 1 rings (SSSR count). The molecule has 19 heavy (non-hydrogen) atoms. The molecule has 104 valence electrons. The highest BCUT2D eigenvalue weighted by molar-refractivity contribution is 7.80. The lowest BCUT2D eigenvalue weighted by Crippen LogP contribution is -2.33. The number of carbonyl (C=O) groups excluding carboxylic acids is 1. The second-order valence-corrected chi connectivity index (χ2v) is 5.11. The molecule has 0 aromatic heterocycles. The van der Waals surface area contributed by atoms with E-state index in [0.717, 1.165) is 25.7 Å². The number of benzene rings is 1. The lowest BCUT2D eigenvalue weighted by atomic mass is 10.1. The summed E-state index contributed by atoms with van der Waals surface area (Å²) in [6, 6.07) is 7.26. The SMILES string of the molecule is CCCCCCC(=O)NC(=S)Nc1ccccc1Cl. The summed E-state index contributed by atoms with van der Waals surface area (Å²) in [7, 11) is 0. The number of amides is 1. The first-order chi connectivity index (χ1) is 9.13. The van der Waals surface area contributed by atoms with Crippen LogP contribution < -0.4 is 10.6 Å². The van der Waals surface area contributed by atoms with Gasteiger partial charge < -0.3 is 10.6 Å². The predicted molar refractivity (Wildman–Crippen MR) is 84.6 cm³/mol. The molecule has 0 aliphatic rings. The van der Waals surface area contributed by atoms with Gasteiger partial charge in [0, 0.05) is 6.42 Å². The molecule has 0 fully saturated rings. The van der Waals surface area contributed by atoms with Gasteiger partial charge in [0.05, 0.1) is 10.7 Å². The van der Waals surface area contributed by atoms with Gasteiger partial charge >= 0.3 is 0 Å². The predicted octanol–water partition coefficient (Wildman–Crippen LogP) is 4.12. The average Bonchev–Trinajstić information content (AvgIpc) is 2.37. The van der Waals surface area contributed by atoms with Gasteiger partial charge in [-0.1, -0.05) is 49.9 Å². The largest absolute Gasteiger partial charge is 0.331 e. The number of para-hydroxylation sites is 1. The van der Waals surface area contributed by atoms with Crippen molar-refractivity contribution < 1.29 is 4.79 Å². The van der Waals surface area contributed by atoms with Crippen LogP contribution in [0.1, 0.15) is 39.0 Å². The molecule has 0 atom stereocenters. The third kappa shape index (κ3) is 6.55. The fourth-order valence-electron chi connectivity index (χ4n) is 1.62. The second-order valence-electron chi connectivity index (χ2n) is 4.29. The van der Waals surface area contributed by atoms with Gasteiger partial charge in [0.1, 0.15) is 0 Å². The Morgan fingerprint density at radius 1 is 1.26 bits per heavy atom. The van der Waals surface area contributed by atoms with Gasteiger partial charge in [-0.05, 0) is 30.8 Å². The second kappa shape index (κ2) is 8.88. The number of carbonyl (C=O) groups is 1. The zero-order valence-corrected chi connectivity index (χ0v) is 12.6. The minimum absolute atomic E-state index is 0.0549. The number of rotatable bonds is 6. The Hall–Kier alpha value is -1.13. The molecule has 3 nitrogen and oxygen atoms in total. The smallest absolute Gasteiger partial charge is 0.226 e. The van der Waals surface area contributed by atoms with Gasteiger partial charge in [0.2, 0.25) is 5.91 Å². The van der Waals surface area contributed by atoms with E-state index in [-0.39, 0.29) is 11.0 Å². The van der Waals surface area contributed by atoms with Crippen molar-refractivity contribution in [3.05, 3.63) is 29.3 Å². The number of unbranched alkanes of at least 4 members (excludes halogenated alkanes) is 3. The van der Waals surface area contributed by atoms with Crippen LogP contribution in [0.4, 0.5) is 5.69 Å². The zero-order valence-electron chi connectivity index (χ0n) is 11.0. The summed E-state index contributed by atoms with van der Waals surface area (Å²) < 4.78 is 0. The van der Waals surface area contributed by atoms with E-state index in [4.69, 9.17) is 23.8 Å². The number of thiocarbonyl (C=S) groups is 1. The quantitative estimate of drug-likeness (QED) is 0.613. The lowest BCUT2D eigenvalue weighted by molar-refractivity contribution is -0.119. The minimum atomic E-state index is -0.0549. The van der Waals surface area contributed by atoms with Crippen molar-refractivity contribution in [2.75, 3.05) is 5.32 Å². The van der Waals surface area contributed by atoms with E-state index in [9.17, 15) is 4.79 Å². The number of nitrogens with one attached hydrogen (secondary N) is 2. The Labute approximate surface area is 124 Å². The van der Waals surface area contributed by atoms with E-state index < -0.39 is 0 Å². The summed E-state index contributed by atoms with van der Waals surface area (Å²) in [5, 5.41) is 6.42. The Kier molecular flexibility index (Phi) is 7.45.